The Morgan fingerprint density at radius 2 is 1.83 bits per heavy atom. The van der Waals surface area contributed by atoms with E-state index in [1.165, 1.54) is 6.07 Å². The molecule has 0 bridgehead atoms. The van der Waals surface area contributed by atoms with Gasteiger partial charge in [-0.05, 0) is 43.7 Å². The largest absolute Gasteiger partial charge is 0.353 e. The zero-order valence-electron chi connectivity index (χ0n) is 16.2. The highest BCUT2D eigenvalue weighted by molar-refractivity contribution is 5.94. The Hall–Kier alpha value is -2.51. The fourth-order valence-electron chi connectivity index (χ4n) is 4.13. The third-order valence-electron chi connectivity index (χ3n) is 6.05. The van der Waals surface area contributed by atoms with Crippen LogP contribution in [0.3, 0.4) is 0 Å². The molecule has 1 atom stereocenters. The lowest BCUT2D eigenvalue weighted by molar-refractivity contribution is -0.129. The molecular weight excluding hydrogens is 380 g/mol. The average molecular weight is 405 g/mol. The van der Waals surface area contributed by atoms with Gasteiger partial charge in [0.05, 0.1) is 11.5 Å². The summed E-state index contributed by atoms with van der Waals surface area (Å²) < 4.78 is 26.9. The SMILES string of the molecule is O=C(NC1CC1)C1CC(=O)N(CC2CCN(C(=O)c3ccc(F)cc3F)CC2)C1. The number of benzene rings is 1. The number of piperidine rings is 1. The number of likely N-dealkylation sites (tertiary alicyclic amines) is 2. The Morgan fingerprint density at radius 1 is 1.10 bits per heavy atom. The molecular formula is C21H25F2N3O3. The fourth-order valence-corrected chi connectivity index (χ4v) is 4.13. The first-order chi connectivity index (χ1) is 13.9. The van der Waals surface area contributed by atoms with E-state index in [0.29, 0.717) is 45.1 Å². The lowest BCUT2D eigenvalue weighted by Crippen LogP contribution is -2.42. The second-order valence-corrected chi connectivity index (χ2v) is 8.34. The molecule has 3 amide bonds. The van der Waals surface area contributed by atoms with Crippen molar-refractivity contribution in [2.45, 2.75) is 38.1 Å². The summed E-state index contributed by atoms with van der Waals surface area (Å²) in [7, 11) is 0. The van der Waals surface area contributed by atoms with Crippen molar-refractivity contribution >= 4 is 17.7 Å². The number of rotatable bonds is 5. The van der Waals surface area contributed by atoms with Gasteiger partial charge in [-0.15, -0.1) is 0 Å². The fraction of sp³-hybridized carbons (Fsp3) is 0.571. The maximum atomic E-state index is 13.9. The van der Waals surface area contributed by atoms with E-state index in [1.807, 2.05) is 0 Å². The summed E-state index contributed by atoms with van der Waals surface area (Å²) >= 11 is 0. The minimum atomic E-state index is -0.852. The second-order valence-electron chi connectivity index (χ2n) is 8.34. The third kappa shape index (κ3) is 4.57. The van der Waals surface area contributed by atoms with Crippen molar-refractivity contribution < 1.29 is 23.2 Å². The maximum Gasteiger partial charge on any atom is 0.256 e. The Bertz CT molecular complexity index is 819. The highest BCUT2D eigenvalue weighted by Crippen LogP contribution is 2.26. The van der Waals surface area contributed by atoms with E-state index >= 15 is 0 Å². The van der Waals surface area contributed by atoms with E-state index < -0.39 is 17.5 Å². The molecule has 0 radical (unpaired) electrons. The molecule has 156 valence electrons. The van der Waals surface area contributed by atoms with E-state index in [-0.39, 0.29) is 35.6 Å². The number of carbonyl (C=O) groups excluding carboxylic acids is 3. The molecule has 1 aromatic rings. The standard InChI is InChI=1S/C21H25F2N3O3/c22-15-1-4-17(18(23)10-15)21(29)25-7-5-13(6-8-25)11-26-12-14(9-19(26)27)20(28)24-16-2-3-16/h1,4,10,13-14,16H,2-3,5-9,11-12H2,(H,24,28). The molecule has 3 aliphatic rings. The van der Waals surface area contributed by atoms with Crippen LogP contribution in [0.25, 0.3) is 0 Å². The quantitative estimate of drug-likeness (QED) is 0.814. The summed E-state index contributed by atoms with van der Waals surface area (Å²) in [6, 6.07) is 3.26. The summed E-state index contributed by atoms with van der Waals surface area (Å²) in [5, 5.41) is 2.97. The van der Waals surface area contributed by atoms with E-state index in [4.69, 9.17) is 0 Å². The van der Waals surface area contributed by atoms with Crippen LogP contribution < -0.4 is 5.32 Å². The topological polar surface area (TPSA) is 69.7 Å². The van der Waals surface area contributed by atoms with Gasteiger partial charge in [-0.3, -0.25) is 14.4 Å². The molecule has 2 saturated heterocycles. The summed E-state index contributed by atoms with van der Waals surface area (Å²) in [5.41, 5.74) is -0.121. The summed E-state index contributed by atoms with van der Waals surface area (Å²) in [4.78, 5) is 40.3. The molecule has 6 nitrogen and oxygen atoms in total. The Labute approximate surface area is 168 Å². The minimum Gasteiger partial charge on any atom is -0.353 e. The molecule has 1 N–H and O–H groups in total. The Balaban J connectivity index is 1.27. The predicted molar refractivity (Wildman–Crippen MR) is 101 cm³/mol. The number of nitrogens with zero attached hydrogens (tertiary/aromatic N) is 2. The van der Waals surface area contributed by atoms with Gasteiger partial charge in [-0.1, -0.05) is 0 Å². The lowest BCUT2D eigenvalue weighted by Gasteiger charge is -2.34. The van der Waals surface area contributed by atoms with E-state index in [1.54, 1.807) is 9.80 Å². The number of nitrogens with one attached hydrogen (secondary N) is 1. The minimum absolute atomic E-state index is 0.00726. The van der Waals surface area contributed by atoms with Gasteiger partial charge in [0.2, 0.25) is 11.8 Å². The van der Waals surface area contributed by atoms with Gasteiger partial charge in [0.1, 0.15) is 11.6 Å². The van der Waals surface area contributed by atoms with Crippen LogP contribution >= 0.6 is 0 Å². The van der Waals surface area contributed by atoms with Gasteiger partial charge in [0.25, 0.3) is 5.91 Å². The van der Waals surface area contributed by atoms with Gasteiger partial charge >= 0.3 is 0 Å². The van der Waals surface area contributed by atoms with Crippen LogP contribution in [-0.2, 0) is 9.59 Å². The number of carbonyl (C=O) groups is 3. The van der Waals surface area contributed by atoms with Crippen LogP contribution in [0.4, 0.5) is 8.78 Å². The van der Waals surface area contributed by atoms with E-state index in [9.17, 15) is 23.2 Å². The van der Waals surface area contributed by atoms with Crippen LogP contribution in [0, 0.1) is 23.5 Å². The van der Waals surface area contributed by atoms with Crippen molar-refractivity contribution in [1.82, 2.24) is 15.1 Å². The van der Waals surface area contributed by atoms with Crippen LogP contribution in [0.15, 0.2) is 18.2 Å². The molecule has 29 heavy (non-hydrogen) atoms. The number of hydrogen-bond donors (Lipinski definition) is 1. The highest BCUT2D eigenvalue weighted by Gasteiger charge is 2.37. The van der Waals surface area contributed by atoms with Crippen LogP contribution in [0.1, 0.15) is 42.5 Å². The molecule has 3 fully saturated rings. The molecule has 4 rings (SSSR count). The summed E-state index contributed by atoms with van der Waals surface area (Å²) in [6.45, 7) is 1.97. The molecule has 2 heterocycles. The van der Waals surface area contributed by atoms with Crippen molar-refractivity contribution in [3.8, 4) is 0 Å². The molecule has 1 aromatic carbocycles. The van der Waals surface area contributed by atoms with Gasteiger partial charge in [-0.25, -0.2) is 8.78 Å². The van der Waals surface area contributed by atoms with Gasteiger partial charge < -0.3 is 15.1 Å². The van der Waals surface area contributed by atoms with Crippen molar-refractivity contribution in [2.75, 3.05) is 26.2 Å². The van der Waals surface area contributed by atoms with Gasteiger partial charge in [-0.2, -0.15) is 0 Å². The zero-order chi connectivity index (χ0) is 20.5. The van der Waals surface area contributed by atoms with Gasteiger partial charge in [0, 0.05) is 44.7 Å². The molecule has 0 aromatic heterocycles. The first-order valence-corrected chi connectivity index (χ1v) is 10.2. The van der Waals surface area contributed by atoms with Crippen molar-refractivity contribution in [3.63, 3.8) is 0 Å². The molecule has 2 aliphatic heterocycles. The highest BCUT2D eigenvalue weighted by atomic mass is 19.1. The van der Waals surface area contributed by atoms with E-state index in [2.05, 4.69) is 5.32 Å². The van der Waals surface area contributed by atoms with Crippen molar-refractivity contribution in [2.24, 2.45) is 11.8 Å². The number of halogens is 2. The first kappa shape index (κ1) is 19.8. The molecule has 1 saturated carbocycles. The summed E-state index contributed by atoms with van der Waals surface area (Å²) in [6.07, 6.45) is 3.72. The van der Waals surface area contributed by atoms with Crippen molar-refractivity contribution in [1.29, 1.82) is 0 Å². The van der Waals surface area contributed by atoms with Gasteiger partial charge in [0.15, 0.2) is 0 Å². The summed E-state index contributed by atoms with van der Waals surface area (Å²) in [5.74, 6) is -2.04. The van der Waals surface area contributed by atoms with E-state index in [0.717, 1.165) is 25.0 Å². The number of amides is 3. The maximum absolute atomic E-state index is 13.9. The molecule has 1 aliphatic carbocycles. The van der Waals surface area contributed by atoms with Crippen LogP contribution in [0.5, 0.6) is 0 Å². The smallest absolute Gasteiger partial charge is 0.256 e. The third-order valence-corrected chi connectivity index (χ3v) is 6.05. The first-order valence-electron chi connectivity index (χ1n) is 10.2. The van der Waals surface area contributed by atoms with Crippen LogP contribution in [-0.4, -0.2) is 59.7 Å². The molecule has 8 heteroatoms. The van der Waals surface area contributed by atoms with Crippen LogP contribution in [0.2, 0.25) is 0 Å². The number of hydrogen-bond acceptors (Lipinski definition) is 3. The van der Waals surface area contributed by atoms with Crippen molar-refractivity contribution in [3.05, 3.63) is 35.4 Å². The Kier molecular flexibility index (Phi) is 5.52. The molecule has 1 unspecified atom stereocenters. The molecule has 0 spiro atoms. The average Bonchev–Trinajstić information content (AvgIpc) is 3.43. The monoisotopic (exact) mass is 405 g/mol. The Morgan fingerprint density at radius 3 is 2.48 bits per heavy atom. The second kappa shape index (κ2) is 8.08. The zero-order valence-corrected chi connectivity index (χ0v) is 16.2. The normalized spacial score (nSPS) is 22.8. The predicted octanol–water partition coefficient (Wildman–Crippen LogP) is 1.94. The lowest BCUT2D eigenvalue weighted by atomic mass is 9.95.